The van der Waals surface area contributed by atoms with Crippen LogP contribution in [-0.2, 0) is 24.4 Å². The number of fused-ring (bicyclic) bond motifs is 6. The average molecular weight is 518 g/mol. The fourth-order valence-electron chi connectivity index (χ4n) is 6.12. The molecule has 0 radical (unpaired) electrons. The number of aromatic nitrogens is 2. The Morgan fingerprint density at radius 3 is 2.72 bits per heavy atom. The van der Waals surface area contributed by atoms with Crippen LogP contribution in [0, 0.1) is 0 Å². The maximum Gasteiger partial charge on any atom is 0.407 e. The summed E-state index contributed by atoms with van der Waals surface area (Å²) in [4.78, 5) is 25.7. The summed E-state index contributed by atoms with van der Waals surface area (Å²) in [5.74, 6) is 0.0488. The number of nitrogens with one attached hydrogen (secondary N) is 2. The van der Waals surface area contributed by atoms with Crippen molar-refractivity contribution in [1.82, 2.24) is 15.3 Å². The van der Waals surface area contributed by atoms with Crippen molar-refractivity contribution in [3.63, 3.8) is 0 Å². The lowest BCUT2D eigenvalue weighted by Gasteiger charge is -2.26. The van der Waals surface area contributed by atoms with Crippen LogP contribution in [0.5, 0.6) is 0 Å². The second kappa shape index (κ2) is 7.78. The first-order valence-corrected chi connectivity index (χ1v) is 13.9. The lowest BCUT2D eigenvalue weighted by Crippen LogP contribution is -2.38. The number of hydrogen-bond acceptors (Lipinski definition) is 10. The van der Waals surface area contributed by atoms with E-state index >= 15 is 0 Å². The van der Waals surface area contributed by atoms with Crippen LogP contribution in [0.25, 0.3) is 0 Å². The number of amides is 1. The molecule has 3 spiro atoms. The normalized spacial score (nSPS) is 38.4. The lowest BCUT2D eigenvalue weighted by atomic mass is 9.94. The van der Waals surface area contributed by atoms with Crippen molar-refractivity contribution in [2.75, 3.05) is 24.7 Å². The van der Waals surface area contributed by atoms with Crippen LogP contribution < -0.4 is 10.6 Å². The fourth-order valence-corrected chi connectivity index (χ4v) is 7.13. The average Bonchev–Trinajstić information content (AvgIpc) is 3.51. The number of anilines is 1. The number of carbonyl (C=O) groups excluding carboxylic acids is 1. The third kappa shape index (κ3) is 3.57. The Hall–Kier alpha value is -1.95. The van der Waals surface area contributed by atoms with Gasteiger partial charge >= 0.3 is 6.09 Å². The van der Waals surface area contributed by atoms with Gasteiger partial charge in [-0.2, -0.15) is 11.8 Å². The molecule has 2 saturated carbocycles. The van der Waals surface area contributed by atoms with Crippen LogP contribution in [0.15, 0.2) is 11.3 Å². The predicted molar refractivity (Wildman–Crippen MR) is 136 cm³/mol. The van der Waals surface area contributed by atoms with Gasteiger partial charge in [-0.3, -0.25) is 4.99 Å². The van der Waals surface area contributed by atoms with Gasteiger partial charge in [0.1, 0.15) is 41.0 Å². The molecule has 10 nitrogen and oxygen atoms in total. The number of ether oxygens (including phenoxy) is 4. The molecule has 6 rings (SSSR count). The first kappa shape index (κ1) is 24.4. The molecule has 1 aromatic rings. The Kier molecular flexibility index (Phi) is 5.27. The summed E-state index contributed by atoms with van der Waals surface area (Å²) < 4.78 is 25.1. The van der Waals surface area contributed by atoms with E-state index < -0.39 is 28.5 Å². The number of aliphatic imine (C=N–C) groups is 1. The molecular formula is C25H35N5O5S. The van der Waals surface area contributed by atoms with Crippen molar-refractivity contribution in [3.8, 4) is 0 Å². The van der Waals surface area contributed by atoms with Gasteiger partial charge in [-0.1, -0.05) is 0 Å². The quantitative estimate of drug-likeness (QED) is 0.548. The number of hydrogen-bond donors (Lipinski definition) is 2. The van der Waals surface area contributed by atoms with E-state index in [1.165, 1.54) is 0 Å². The standard InChI is InChI=1S/C25H35N5O5S/c1-21(2,3)34-20(31)27-9-7-8-26-19-15-16(29-13-30-19)23(12-28-15)11-25(23)18-17(32-22(4,5)33-18)24(35-25)10-14(24)36-6/h12-14,17-18H,7-11H2,1-6H3,(H,27,31)(H,26,29,30)/t14?,17-,18+,23?,24?,25?/m0/s1. The van der Waals surface area contributed by atoms with E-state index in [1.807, 2.05) is 52.6 Å². The van der Waals surface area contributed by atoms with Crippen LogP contribution in [0.2, 0.25) is 0 Å². The topological polar surface area (TPSA) is 116 Å². The van der Waals surface area contributed by atoms with Crippen molar-refractivity contribution in [3.05, 3.63) is 12.0 Å². The van der Waals surface area contributed by atoms with E-state index in [-0.39, 0.29) is 17.8 Å². The molecule has 4 unspecified atom stereocenters. The molecule has 4 fully saturated rings. The Morgan fingerprint density at radius 1 is 1.22 bits per heavy atom. The summed E-state index contributed by atoms with van der Waals surface area (Å²) >= 11 is 1.84. The summed E-state index contributed by atoms with van der Waals surface area (Å²) in [6, 6.07) is 0. The molecule has 11 heteroatoms. The molecular weight excluding hydrogens is 482 g/mol. The van der Waals surface area contributed by atoms with Gasteiger partial charge < -0.3 is 29.6 Å². The van der Waals surface area contributed by atoms with Crippen molar-refractivity contribution < 1.29 is 23.7 Å². The maximum absolute atomic E-state index is 11.8. The Morgan fingerprint density at radius 2 is 2.00 bits per heavy atom. The molecule has 2 saturated heterocycles. The molecule has 1 aromatic heterocycles. The highest BCUT2D eigenvalue weighted by atomic mass is 32.2. The second-order valence-corrected chi connectivity index (χ2v) is 12.9. The van der Waals surface area contributed by atoms with Gasteiger partial charge in [-0.25, -0.2) is 14.8 Å². The summed E-state index contributed by atoms with van der Waals surface area (Å²) in [6.07, 6.45) is 7.51. The minimum atomic E-state index is -0.640. The molecule has 4 heterocycles. The van der Waals surface area contributed by atoms with Crippen LogP contribution in [0.1, 0.15) is 59.6 Å². The van der Waals surface area contributed by atoms with E-state index in [4.69, 9.17) is 23.9 Å². The zero-order chi connectivity index (χ0) is 25.6. The highest BCUT2D eigenvalue weighted by molar-refractivity contribution is 7.99. The Balaban J connectivity index is 1.15. The molecule has 0 bridgehead atoms. The molecule has 0 aromatic carbocycles. The van der Waals surface area contributed by atoms with Gasteiger partial charge in [-0.15, -0.1) is 0 Å². The molecule has 2 aliphatic carbocycles. The van der Waals surface area contributed by atoms with E-state index in [1.54, 1.807) is 6.33 Å². The van der Waals surface area contributed by atoms with Crippen LogP contribution >= 0.6 is 11.8 Å². The largest absolute Gasteiger partial charge is 0.444 e. The number of nitrogens with zero attached hydrogens (tertiary/aromatic N) is 3. The van der Waals surface area contributed by atoms with Crippen LogP contribution in [0.4, 0.5) is 16.3 Å². The zero-order valence-corrected chi connectivity index (χ0v) is 22.5. The zero-order valence-electron chi connectivity index (χ0n) is 21.7. The van der Waals surface area contributed by atoms with Gasteiger partial charge in [0, 0.05) is 24.6 Å². The van der Waals surface area contributed by atoms with Crippen molar-refractivity contribution in [2.24, 2.45) is 4.99 Å². The summed E-state index contributed by atoms with van der Waals surface area (Å²) in [5, 5.41) is 6.55. The Bertz CT molecular complexity index is 1120. The smallest absolute Gasteiger partial charge is 0.407 e. The number of thioether (sulfide) groups is 1. The monoisotopic (exact) mass is 517 g/mol. The van der Waals surface area contributed by atoms with Crippen LogP contribution in [0.3, 0.4) is 0 Å². The summed E-state index contributed by atoms with van der Waals surface area (Å²) in [5.41, 5.74) is -0.118. The third-order valence-corrected chi connectivity index (χ3v) is 8.86. The first-order chi connectivity index (χ1) is 17.0. The van der Waals surface area contributed by atoms with E-state index in [2.05, 4.69) is 26.9 Å². The number of rotatable bonds is 6. The van der Waals surface area contributed by atoms with Gasteiger partial charge in [0.25, 0.3) is 0 Å². The summed E-state index contributed by atoms with van der Waals surface area (Å²) in [7, 11) is 0. The Labute approximate surface area is 215 Å². The van der Waals surface area contributed by atoms with Crippen molar-refractivity contribution in [1.29, 1.82) is 0 Å². The molecule has 2 N–H and O–H groups in total. The molecule has 196 valence electrons. The van der Waals surface area contributed by atoms with Gasteiger partial charge in [-0.05, 0) is 60.1 Å². The first-order valence-electron chi connectivity index (χ1n) is 12.7. The van der Waals surface area contributed by atoms with Crippen molar-refractivity contribution in [2.45, 2.75) is 99.3 Å². The number of alkyl carbamates (subject to hydrolysis) is 1. The highest BCUT2D eigenvalue weighted by Crippen LogP contribution is 2.75. The van der Waals surface area contributed by atoms with Gasteiger partial charge in [0.15, 0.2) is 11.6 Å². The summed E-state index contributed by atoms with van der Waals surface area (Å²) in [6.45, 7) is 10.6. The maximum atomic E-state index is 11.8. The highest BCUT2D eigenvalue weighted by Gasteiger charge is 2.88. The molecule has 1 amide bonds. The minimum Gasteiger partial charge on any atom is -0.444 e. The lowest BCUT2D eigenvalue weighted by molar-refractivity contribution is -0.197. The van der Waals surface area contributed by atoms with Gasteiger partial charge in [0.05, 0.1) is 11.1 Å². The number of carbonyl (C=O) groups is 1. The third-order valence-electron chi connectivity index (χ3n) is 7.73. The van der Waals surface area contributed by atoms with Crippen LogP contribution in [-0.4, -0.2) is 81.7 Å². The molecule has 36 heavy (non-hydrogen) atoms. The van der Waals surface area contributed by atoms with Crippen molar-refractivity contribution >= 4 is 35.6 Å². The van der Waals surface area contributed by atoms with E-state index in [0.717, 1.165) is 24.2 Å². The fraction of sp³-hybridized carbons (Fsp3) is 0.760. The van der Waals surface area contributed by atoms with Gasteiger partial charge in [0.2, 0.25) is 0 Å². The SMILES string of the molecule is CSC1CC12OC1(CC13C=Nc1c(NCCCNC(=O)OC(C)(C)C)ncnc13)[C@@H]1OC(C)(C)O[C@@H]12. The molecule has 6 atom stereocenters. The molecule has 3 aliphatic heterocycles. The molecule has 5 aliphatic rings. The minimum absolute atomic E-state index is 0.0846. The second-order valence-electron chi connectivity index (χ2n) is 11.9. The van der Waals surface area contributed by atoms with E-state index in [9.17, 15) is 4.79 Å². The van der Waals surface area contributed by atoms with E-state index in [0.29, 0.717) is 30.6 Å². The predicted octanol–water partition coefficient (Wildman–Crippen LogP) is 3.32.